The van der Waals surface area contributed by atoms with E-state index in [1.54, 1.807) is 13.0 Å². The number of carbonyl (C=O) groups excluding carboxylic acids is 3. The number of hydrogen-bond acceptors (Lipinski definition) is 9. The van der Waals surface area contributed by atoms with Crippen LogP contribution in [0.5, 0.6) is 11.5 Å². The second kappa shape index (κ2) is 16.7. The van der Waals surface area contributed by atoms with Crippen LogP contribution in [0.2, 0.25) is 0 Å². The van der Waals surface area contributed by atoms with E-state index in [1.807, 2.05) is 41.5 Å². The van der Waals surface area contributed by atoms with Crippen LogP contribution in [-0.4, -0.2) is 47.9 Å². The molecule has 0 spiro atoms. The number of esters is 2. The normalized spacial score (nSPS) is 13.6. The van der Waals surface area contributed by atoms with Crippen LogP contribution >= 0.6 is 0 Å². The lowest BCUT2D eigenvalue weighted by atomic mass is 9.87. The minimum absolute atomic E-state index is 0.00773. The highest BCUT2D eigenvalue weighted by molar-refractivity contribution is 5.77. The Labute approximate surface area is 231 Å². The van der Waals surface area contributed by atoms with Crippen molar-refractivity contribution in [2.75, 3.05) is 6.61 Å². The Morgan fingerprint density at radius 1 is 0.821 bits per heavy atom. The van der Waals surface area contributed by atoms with E-state index >= 15 is 0 Å². The molecule has 3 N–H and O–H groups in total. The average molecular weight is 552 g/mol. The Kier molecular flexibility index (Phi) is 14.5. The fourth-order valence-corrected chi connectivity index (χ4v) is 3.58. The zero-order chi connectivity index (χ0) is 29.7. The van der Waals surface area contributed by atoms with Crippen LogP contribution in [-0.2, 0) is 23.9 Å². The van der Waals surface area contributed by atoms with Crippen molar-refractivity contribution in [3.8, 4) is 11.5 Å². The molecule has 10 heteroatoms. The molecule has 1 aromatic carbocycles. The number of carboxylic acids is 1. The van der Waals surface area contributed by atoms with E-state index in [0.29, 0.717) is 24.3 Å². The van der Waals surface area contributed by atoms with Crippen LogP contribution in [0.15, 0.2) is 18.2 Å². The number of benzene rings is 1. The number of aliphatic carboxylic acids is 1. The lowest BCUT2D eigenvalue weighted by Gasteiger charge is -2.25. The molecule has 3 atom stereocenters. The van der Waals surface area contributed by atoms with Gasteiger partial charge in [-0.2, -0.15) is 0 Å². The number of nitrogens with two attached hydrogens (primary N) is 1. The number of carboxylic acid groups (broad SMARTS) is 1. The largest absolute Gasteiger partial charge is 0.508 e. The van der Waals surface area contributed by atoms with Gasteiger partial charge in [-0.05, 0) is 61.6 Å². The number of rotatable bonds is 16. The van der Waals surface area contributed by atoms with Gasteiger partial charge in [-0.25, -0.2) is 4.79 Å². The summed E-state index contributed by atoms with van der Waals surface area (Å²) < 4.78 is 21.4. The Morgan fingerprint density at radius 3 is 1.85 bits per heavy atom. The van der Waals surface area contributed by atoms with Gasteiger partial charge in [-0.15, -0.1) is 0 Å². The smallest absolute Gasteiger partial charge is 0.480 e. The highest BCUT2D eigenvalue weighted by Gasteiger charge is 2.30. The highest BCUT2D eigenvalue weighted by atomic mass is 16.7. The summed E-state index contributed by atoms with van der Waals surface area (Å²) in [5, 5.41) is 9.66. The molecule has 10 nitrogen and oxygen atoms in total. The number of ether oxygens (including phenoxy) is 4. The summed E-state index contributed by atoms with van der Waals surface area (Å²) in [6.45, 7) is 13.5. The minimum Gasteiger partial charge on any atom is -0.480 e. The molecule has 0 radical (unpaired) electrons. The second-order valence-corrected chi connectivity index (χ2v) is 11.1. The Balaban J connectivity index is 3.26. The molecule has 0 aliphatic carbocycles. The third kappa shape index (κ3) is 13.5. The molecule has 0 amide bonds. The molecule has 220 valence electrons. The van der Waals surface area contributed by atoms with Gasteiger partial charge in [0, 0.05) is 18.8 Å². The Bertz CT molecular complexity index is 958. The SMILES string of the molecule is CC(C)CCC(=O)Oc1ccc(C(CC(C)OC(=O)OCC(C)C)[C@H](N)C(=O)O)cc1OC(=O)CCC(C)C. The Morgan fingerprint density at radius 2 is 1.36 bits per heavy atom. The third-order valence-corrected chi connectivity index (χ3v) is 5.83. The summed E-state index contributed by atoms with van der Waals surface area (Å²) in [5.74, 6) is -2.31. The maximum absolute atomic E-state index is 12.5. The molecule has 1 aromatic rings. The summed E-state index contributed by atoms with van der Waals surface area (Å²) in [6.07, 6.45) is 0.0498. The zero-order valence-electron chi connectivity index (χ0n) is 24.2. The topological polar surface area (TPSA) is 151 Å². The van der Waals surface area contributed by atoms with Crippen molar-refractivity contribution < 1.29 is 43.2 Å². The second-order valence-electron chi connectivity index (χ2n) is 11.1. The summed E-state index contributed by atoms with van der Waals surface area (Å²) in [6, 6.07) is 3.12. The van der Waals surface area contributed by atoms with E-state index in [9.17, 15) is 24.3 Å². The van der Waals surface area contributed by atoms with Gasteiger partial charge < -0.3 is 29.8 Å². The molecule has 0 aromatic heterocycles. The van der Waals surface area contributed by atoms with Gasteiger partial charge in [0.1, 0.15) is 12.1 Å². The molecular formula is C29H45NO9. The van der Waals surface area contributed by atoms with Crippen LogP contribution in [0.3, 0.4) is 0 Å². The molecule has 0 aliphatic heterocycles. The molecular weight excluding hydrogens is 506 g/mol. The van der Waals surface area contributed by atoms with E-state index < -0.39 is 42.1 Å². The van der Waals surface area contributed by atoms with Gasteiger partial charge in [-0.1, -0.05) is 47.6 Å². The molecule has 0 heterocycles. The molecule has 1 rings (SSSR count). The van der Waals surface area contributed by atoms with Crippen LogP contribution in [0.25, 0.3) is 0 Å². The lowest BCUT2D eigenvalue weighted by molar-refractivity contribution is -0.139. The van der Waals surface area contributed by atoms with Crippen molar-refractivity contribution in [3.05, 3.63) is 23.8 Å². The maximum atomic E-state index is 12.5. The van der Waals surface area contributed by atoms with Gasteiger partial charge in [0.05, 0.1) is 6.61 Å². The predicted molar refractivity (Wildman–Crippen MR) is 146 cm³/mol. The molecule has 39 heavy (non-hydrogen) atoms. The maximum Gasteiger partial charge on any atom is 0.508 e. The van der Waals surface area contributed by atoms with Crippen molar-refractivity contribution in [2.24, 2.45) is 23.5 Å². The number of hydrogen-bond donors (Lipinski definition) is 2. The first-order valence-electron chi connectivity index (χ1n) is 13.6. The first-order valence-corrected chi connectivity index (χ1v) is 13.6. The molecule has 0 saturated carbocycles. The summed E-state index contributed by atoms with van der Waals surface area (Å²) in [4.78, 5) is 48.8. The summed E-state index contributed by atoms with van der Waals surface area (Å²) >= 11 is 0. The monoisotopic (exact) mass is 551 g/mol. The van der Waals surface area contributed by atoms with Crippen LogP contribution < -0.4 is 15.2 Å². The lowest BCUT2D eigenvalue weighted by Crippen LogP contribution is -2.38. The quantitative estimate of drug-likeness (QED) is 0.200. The van der Waals surface area contributed by atoms with E-state index in [0.717, 1.165) is 0 Å². The van der Waals surface area contributed by atoms with Gasteiger partial charge in [0.2, 0.25) is 0 Å². The molecule has 0 bridgehead atoms. The standard InChI is InChI=1S/C29H45NO9/c1-17(2)8-12-25(31)38-23-11-10-21(15-24(23)39-26(32)13-9-18(3)4)22(27(30)28(33)34)14-20(7)37-29(35)36-16-19(5)6/h10-11,15,17-20,22,27H,8-9,12-14,16,30H2,1-7H3,(H,33,34)/t20?,22?,27-/m0/s1. The molecule has 0 saturated heterocycles. The van der Waals surface area contributed by atoms with Crippen molar-refractivity contribution in [2.45, 2.75) is 98.6 Å². The van der Waals surface area contributed by atoms with Gasteiger partial charge in [0.25, 0.3) is 0 Å². The first-order chi connectivity index (χ1) is 18.2. The van der Waals surface area contributed by atoms with Crippen LogP contribution in [0.4, 0.5) is 4.79 Å². The van der Waals surface area contributed by atoms with E-state index in [1.165, 1.54) is 12.1 Å². The van der Waals surface area contributed by atoms with Crippen molar-refractivity contribution in [3.63, 3.8) is 0 Å². The number of carbonyl (C=O) groups is 4. The van der Waals surface area contributed by atoms with Crippen LogP contribution in [0, 0.1) is 17.8 Å². The zero-order valence-corrected chi connectivity index (χ0v) is 24.2. The third-order valence-electron chi connectivity index (χ3n) is 5.83. The van der Waals surface area contributed by atoms with E-state index in [4.69, 9.17) is 24.7 Å². The first kappa shape index (κ1) is 33.9. The van der Waals surface area contributed by atoms with Crippen LogP contribution in [0.1, 0.15) is 92.1 Å². The fraction of sp³-hybridized carbons (Fsp3) is 0.655. The molecule has 0 fully saturated rings. The minimum atomic E-state index is -1.35. The van der Waals surface area contributed by atoms with Crippen molar-refractivity contribution in [1.29, 1.82) is 0 Å². The predicted octanol–water partition coefficient (Wildman–Crippen LogP) is 5.45. The summed E-state index contributed by atoms with van der Waals surface area (Å²) in [7, 11) is 0. The average Bonchev–Trinajstić information content (AvgIpc) is 2.84. The summed E-state index contributed by atoms with van der Waals surface area (Å²) in [5.41, 5.74) is 6.45. The Hall–Kier alpha value is -3.14. The fourth-order valence-electron chi connectivity index (χ4n) is 3.58. The van der Waals surface area contributed by atoms with E-state index in [2.05, 4.69) is 0 Å². The van der Waals surface area contributed by atoms with Crippen molar-refractivity contribution in [1.82, 2.24) is 0 Å². The van der Waals surface area contributed by atoms with E-state index in [-0.39, 0.29) is 49.2 Å². The van der Waals surface area contributed by atoms with Crippen molar-refractivity contribution >= 4 is 24.1 Å². The molecule has 0 aliphatic rings. The van der Waals surface area contributed by atoms with Gasteiger partial charge >= 0.3 is 24.1 Å². The highest BCUT2D eigenvalue weighted by Crippen LogP contribution is 2.35. The molecule has 2 unspecified atom stereocenters. The van der Waals surface area contributed by atoms with Gasteiger partial charge in [0.15, 0.2) is 11.5 Å². The van der Waals surface area contributed by atoms with Gasteiger partial charge in [-0.3, -0.25) is 14.4 Å².